The zero-order chi connectivity index (χ0) is 12.6. The van der Waals surface area contributed by atoms with Crippen LogP contribution >= 0.6 is 0 Å². The van der Waals surface area contributed by atoms with Crippen molar-refractivity contribution >= 4 is 0 Å². The van der Waals surface area contributed by atoms with Crippen molar-refractivity contribution in [2.75, 3.05) is 6.54 Å². The number of rotatable bonds is 2. The van der Waals surface area contributed by atoms with Crippen LogP contribution in [0.15, 0.2) is 5.11 Å². The van der Waals surface area contributed by atoms with Crippen LogP contribution in [0.1, 0.15) is 13.8 Å². The molecule has 0 radical (unpaired) electrons. The average molecular weight is 244 g/mol. The molecule has 1 unspecified atom stereocenters. The molecule has 0 aromatic rings. The Morgan fingerprint density at radius 3 is 2.71 bits per heavy atom. The summed E-state index contributed by atoms with van der Waals surface area (Å²) in [5.74, 6) is -0.783. The van der Waals surface area contributed by atoms with Crippen molar-refractivity contribution in [2.24, 2.45) is 10.8 Å². The molecule has 0 amide bonds. The summed E-state index contributed by atoms with van der Waals surface area (Å²) in [6.45, 7) is 3.59. The molecule has 17 heavy (non-hydrogen) atoms. The summed E-state index contributed by atoms with van der Waals surface area (Å²) in [4.78, 5) is 2.66. The highest BCUT2D eigenvalue weighted by Crippen LogP contribution is 2.36. The van der Waals surface area contributed by atoms with E-state index in [-0.39, 0.29) is 6.54 Å². The Hall–Kier alpha value is -0.890. The van der Waals surface area contributed by atoms with Crippen molar-refractivity contribution in [3.8, 4) is 0 Å². The van der Waals surface area contributed by atoms with Crippen LogP contribution in [0.2, 0.25) is 0 Å². The van der Waals surface area contributed by atoms with E-state index in [0.29, 0.717) is 0 Å². The van der Waals surface area contributed by atoms with E-state index in [1.54, 1.807) is 13.8 Å². The van der Waals surface area contributed by atoms with Crippen LogP contribution in [0.3, 0.4) is 0 Å². The number of hydrogen-bond acceptors (Lipinski definition) is 6. The van der Waals surface area contributed by atoms with Crippen molar-refractivity contribution in [3.05, 3.63) is 10.4 Å². The Morgan fingerprint density at radius 2 is 2.06 bits per heavy atom. The Morgan fingerprint density at radius 1 is 1.41 bits per heavy atom. The summed E-state index contributed by atoms with van der Waals surface area (Å²) < 4.78 is 16.6. The van der Waals surface area contributed by atoms with Gasteiger partial charge in [-0.2, -0.15) is 0 Å². The average Bonchev–Trinajstić information content (AvgIpc) is 2.58. The van der Waals surface area contributed by atoms with Crippen LogP contribution in [-0.2, 0) is 14.2 Å². The minimum atomic E-state index is -1.15. The molecule has 3 N–H and O–H groups in total. The van der Waals surface area contributed by atoms with E-state index in [1.807, 2.05) is 0 Å². The number of hydrogen-bond donors (Lipinski definition) is 2. The second kappa shape index (κ2) is 4.41. The Bertz CT molecular complexity index is 344. The van der Waals surface area contributed by atoms with E-state index in [4.69, 9.17) is 25.5 Å². The summed E-state index contributed by atoms with van der Waals surface area (Å²) in [6.07, 6.45) is -2.60. The maximum absolute atomic E-state index is 9.65. The van der Waals surface area contributed by atoms with Gasteiger partial charge in [0.25, 0.3) is 0 Å². The number of ether oxygens (including phenoxy) is 3. The van der Waals surface area contributed by atoms with Gasteiger partial charge in [0.1, 0.15) is 12.2 Å². The maximum Gasteiger partial charge on any atom is 0.172 e. The second-order valence-corrected chi connectivity index (χ2v) is 4.62. The van der Waals surface area contributed by atoms with Crippen molar-refractivity contribution in [1.82, 2.24) is 0 Å². The van der Waals surface area contributed by atoms with E-state index in [1.165, 1.54) is 0 Å². The molecular formula is C9H16N4O4. The summed E-state index contributed by atoms with van der Waals surface area (Å²) >= 11 is 0. The first-order chi connectivity index (χ1) is 7.94. The molecule has 0 bridgehead atoms. The topological polar surface area (TPSA) is 123 Å². The van der Waals surface area contributed by atoms with Crippen LogP contribution < -0.4 is 5.73 Å². The molecule has 0 aromatic heterocycles. The normalized spacial score (nSPS) is 43.9. The third-order valence-electron chi connectivity index (χ3n) is 2.88. The molecule has 2 heterocycles. The zero-order valence-corrected chi connectivity index (χ0v) is 9.68. The summed E-state index contributed by atoms with van der Waals surface area (Å²) in [7, 11) is 0. The summed E-state index contributed by atoms with van der Waals surface area (Å²) in [5, 5.41) is 13.1. The van der Waals surface area contributed by atoms with Gasteiger partial charge in [0.15, 0.2) is 12.1 Å². The number of nitrogens with two attached hydrogens (primary N) is 1. The molecule has 2 aliphatic heterocycles. The van der Waals surface area contributed by atoms with Crippen LogP contribution in [-0.4, -0.2) is 48.1 Å². The lowest BCUT2D eigenvalue weighted by molar-refractivity contribution is -0.215. The zero-order valence-electron chi connectivity index (χ0n) is 9.68. The lowest BCUT2D eigenvalue weighted by Crippen LogP contribution is -2.60. The Balaban J connectivity index is 2.17. The molecule has 8 nitrogen and oxygen atoms in total. The van der Waals surface area contributed by atoms with E-state index in [9.17, 15) is 5.11 Å². The summed E-state index contributed by atoms with van der Waals surface area (Å²) in [5.41, 5.74) is 14.1. The predicted molar refractivity (Wildman–Crippen MR) is 56.7 cm³/mol. The van der Waals surface area contributed by atoms with Gasteiger partial charge in [-0.05, 0) is 19.4 Å². The standard InChI is InChI=1S/C9H16N4O4/c1-9(2)16-6-4(3-12-13-11)15-8(14)5(10)7(6)17-9/h4-8,14H,3,10H2,1-2H3/t4-,5-,6+,7-,8?/m1/s1. The number of azide groups is 1. The monoisotopic (exact) mass is 244 g/mol. The fraction of sp³-hybridized carbons (Fsp3) is 1.00. The second-order valence-electron chi connectivity index (χ2n) is 4.62. The lowest BCUT2D eigenvalue weighted by atomic mass is 9.98. The van der Waals surface area contributed by atoms with Gasteiger partial charge in [-0.15, -0.1) is 0 Å². The quantitative estimate of drug-likeness (QED) is 0.397. The highest BCUT2D eigenvalue weighted by atomic mass is 16.8. The predicted octanol–water partition coefficient (Wildman–Crippen LogP) is -0.139. The molecule has 2 aliphatic rings. The van der Waals surface area contributed by atoms with Crippen LogP contribution in [0, 0.1) is 0 Å². The van der Waals surface area contributed by atoms with Gasteiger partial charge in [-0.1, -0.05) is 5.11 Å². The first kappa shape index (κ1) is 12.6. The fourth-order valence-corrected chi connectivity index (χ4v) is 2.18. The van der Waals surface area contributed by atoms with Gasteiger partial charge in [0, 0.05) is 4.91 Å². The molecule has 0 spiro atoms. The Labute approximate surface area is 98.3 Å². The van der Waals surface area contributed by atoms with Crippen molar-refractivity contribution in [2.45, 2.75) is 50.3 Å². The minimum absolute atomic E-state index is 0.0703. The van der Waals surface area contributed by atoms with E-state index in [0.717, 1.165) is 0 Å². The molecule has 2 saturated heterocycles. The van der Waals surface area contributed by atoms with Crippen LogP contribution in [0.4, 0.5) is 0 Å². The molecule has 8 heteroatoms. The summed E-state index contributed by atoms with van der Waals surface area (Å²) in [6, 6.07) is -0.677. The van der Waals surface area contributed by atoms with Gasteiger partial charge >= 0.3 is 0 Å². The van der Waals surface area contributed by atoms with Crippen molar-refractivity contribution in [1.29, 1.82) is 0 Å². The smallest absolute Gasteiger partial charge is 0.172 e. The lowest BCUT2D eigenvalue weighted by Gasteiger charge is -2.37. The third kappa shape index (κ3) is 2.37. The number of fused-ring (bicyclic) bond motifs is 1. The maximum atomic E-state index is 9.65. The van der Waals surface area contributed by atoms with Crippen molar-refractivity contribution in [3.63, 3.8) is 0 Å². The Kier molecular flexibility index (Phi) is 3.26. The molecule has 0 aromatic carbocycles. The third-order valence-corrected chi connectivity index (χ3v) is 2.88. The van der Waals surface area contributed by atoms with Crippen molar-refractivity contribution < 1.29 is 19.3 Å². The number of aliphatic hydroxyl groups is 1. The molecule has 0 saturated carbocycles. The largest absolute Gasteiger partial charge is 0.367 e. The van der Waals surface area contributed by atoms with E-state index < -0.39 is 36.4 Å². The van der Waals surface area contributed by atoms with E-state index >= 15 is 0 Å². The fourth-order valence-electron chi connectivity index (χ4n) is 2.18. The van der Waals surface area contributed by atoms with Crippen LogP contribution in [0.25, 0.3) is 10.4 Å². The molecule has 2 rings (SSSR count). The molecule has 96 valence electrons. The van der Waals surface area contributed by atoms with Crippen LogP contribution in [0.5, 0.6) is 0 Å². The molecular weight excluding hydrogens is 228 g/mol. The molecule has 0 aliphatic carbocycles. The number of aliphatic hydroxyl groups excluding tert-OH is 1. The van der Waals surface area contributed by atoms with Gasteiger partial charge < -0.3 is 25.1 Å². The first-order valence-corrected chi connectivity index (χ1v) is 5.40. The van der Waals surface area contributed by atoms with E-state index in [2.05, 4.69) is 10.0 Å². The van der Waals surface area contributed by atoms with Gasteiger partial charge in [-0.25, -0.2) is 0 Å². The minimum Gasteiger partial charge on any atom is -0.367 e. The number of nitrogens with zero attached hydrogens (tertiary/aromatic N) is 3. The molecule has 2 fully saturated rings. The highest BCUT2D eigenvalue weighted by Gasteiger charge is 2.53. The SMILES string of the molecule is CC1(C)O[C@@H]2[C@H](O1)[C@@H](N)C(O)O[C@@H]2CN=[N+]=[N-]. The van der Waals surface area contributed by atoms with Gasteiger partial charge in [-0.3, -0.25) is 0 Å². The van der Waals surface area contributed by atoms with Gasteiger partial charge in [0.05, 0.1) is 18.7 Å². The molecule has 5 atom stereocenters. The highest BCUT2D eigenvalue weighted by molar-refractivity contribution is 4.98. The first-order valence-electron chi connectivity index (χ1n) is 5.40. The van der Waals surface area contributed by atoms with Gasteiger partial charge in [0.2, 0.25) is 0 Å².